The number of hydrogen-bond donors (Lipinski definition) is 0. The summed E-state index contributed by atoms with van der Waals surface area (Å²) in [5.41, 5.74) is 2.30. The Hall–Kier alpha value is -1.91. The molecule has 2 aromatic heterocycles. The van der Waals surface area contributed by atoms with Crippen LogP contribution in [0.2, 0.25) is 0 Å². The Kier molecular flexibility index (Phi) is 2.37. The lowest BCUT2D eigenvalue weighted by molar-refractivity contribution is 0.300. The molecule has 0 N–H and O–H groups in total. The topological polar surface area (TPSA) is 60.9 Å². The van der Waals surface area contributed by atoms with Gasteiger partial charge in [0.2, 0.25) is 0 Å². The second-order valence-corrected chi connectivity index (χ2v) is 3.47. The fourth-order valence-electron chi connectivity index (χ4n) is 1.29. The van der Waals surface area contributed by atoms with Crippen molar-refractivity contribution in [3.63, 3.8) is 0 Å². The van der Waals surface area contributed by atoms with Crippen LogP contribution >= 0.6 is 0 Å². The first-order valence-electron chi connectivity index (χ1n) is 4.62. The number of aromatic nitrogens is 3. The normalized spacial score (nSPS) is 10.5. The average Bonchev–Trinajstić information content (AvgIpc) is 2.57. The summed E-state index contributed by atoms with van der Waals surface area (Å²) in [6.07, 6.45) is 1.74. The van der Waals surface area contributed by atoms with Gasteiger partial charge in [-0.05, 0) is 25.5 Å². The number of hydrogen-bond acceptors (Lipinski definition) is 4. The van der Waals surface area contributed by atoms with Crippen LogP contribution in [0, 0.1) is 13.8 Å². The van der Waals surface area contributed by atoms with E-state index in [2.05, 4.69) is 14.9 Å². The third kappa shape index (κ3) is 1.96. The average molecular weight is 205 g/mol. The molecule has 78 valence electrons. The Morgan fingerprint density at radius 2 is 2.20 bits per heavy atom. The van der Waals surface area contributed by atoms with Crippen LogP contribution in [0.4, 0.5) is 0 Å². The molecule has 15 heavy (non-hydrogen) atoms. The first-order chi connectivity index (χ1) is 7.16. The molecule has 0 atom stereocenters. The molecule has 0 unspecified atom stereocenters. The smallest absolute Gasteiger partial charge is 0.251 e. The third-order valence-corrected chi connectivity index (χ3v) is 2.22. The van der Waals surface area contributed by atoms with Crippen molar-refractivity contribution in [1.29, 1.82) is 0 Å². The highest BCUT2D eigenvalue weighted by atomic mass is 16.6. The summed E-state index contributed by atoms with van der Waals surface area (Å²) < 4.78 is 6.13. The molecule has 0 aliphatic heterocycles. The van der Waals surface area contributed by atoms with Gasteiger partial charge in [0.1, 0.15) is 11.4 Å². The number of pyridine rings is 1. The third-order valence-electron chi connectivity index (χ3n) is 2.22. The molecule has 0 saturated heterocycles. The van der Waals surface area contributed by atoms with Crippen LogP contribution in [0.25, 0.3) is 0 Å². The van der Waals surface area contributed by atoms with Crippen LogP contribution < -0.4 is 5.56 Å². The van der Waals surface area contributed by atoms with E-state index < -0.39 is 0 Å². The van der Waals surface area contributed by atoms with E-state index in [4.69, 9.17) is 0 Å². The molecule has 2 heterocycles. The van der Waals surface area contributed by atoms with E-state index in [9.17, 15) is 4.79 Å². The number of aryl methyl sites for hydroxylation is 2. The molecular weight excluding hydrogens is 194 g/mol. The molecule has 0 aliphatic rings. The van der Waals surface area contributed by atoms with E-state index >= 15 is 0 Å². The zero-order valence-corrected chi connectivity index (χ0v) is 8.60. The summed E-state index contributed by atoms with van der Waals surface area (Å²) in [6.45, 7) is 4.08. The zero-order chi connectivity index (χ0) is 10.8. The summed E-state index contributed by atoms with van der Waals surface area (Å²) in [4.78, 5) is 11.6. The first-order valence-corrected chi connectivity index (χ1v) is 4.62. The van der Waals surface area contributed by atoms with Gasteiger partial charge in [-0.3, -0.25) is 4.79 Å². The summed E-state index contributed by atoms with van der Waals surface area (Å²) in [6, 6.07) is 3.47. The highest BCUT2D eigenvalue weighted by molar-refractivity contribution is 5.11. The summed E-state index contributed by atoms with van der Waals surface area (Å²) >= 11 is 0. The van der Waals surface area contributed by atoms with Crippen molar-refractivity contribution >= 4 is 0 Å². The second-order valence-electron chi connectivity index (χ2n) is 3.47. The minimum Gasteiger partial charge on any atom is -0.309 e. The van der Waals surface area contributed by atoms with E-state index in [1.807, 2.05) is 13.0 Å². The lowest BCUT2D eigenvalue weighted by atomic mass is 10.3. The fraction of sp³-hybridized carbons (Fsp3) is 0.300. The molecule has 5 nitrogen and oxygen atoms in total. The minimum absolute atomic E-state index is 0.0441. The van der Waals surface area contributed by atoms with Crippen molar-refractivity contribution in [3.05, 3.63) is 45.6 Å². The van der Waals surface area contributed by atoms with Gasteiger partial charge >= 0.3 is 0 Å². The zero-order valence-electron chi connectivity index (χ0n) is 8.60. The van der Waals surface area contributed by atoms with Crippen LogP contribution in [0.5, 0.6) is 0 Å². The van der Waals surface area contributed by atoms with Crippen LogP contribution in [-0.2, 0) is 6.54 Å². The van der Waals surface area contributed by atoms with E-state index in [-0.39, 0.29) is 5.56 Å². The van der Waals surface area contributed by atoms with Gasteiger partial charge in [-0.15, -0.1) is 0 Å². The van der Waals surface area contributed by atoms with Crippen molar-refractivity contribution < 1.29 is 4.63 Å². The molecule has 0 aliphatic carbocycles. The van der Waals surface area contributed by atoms with Crippen molar-refractivity contribution in [2.75, 3.05) is 0 Å². The second kappa shape index (κ2) is 3.68. The van der Waals surface area contributed by atoms with Gasteiger partial charge in [0.15, 0.2) is 0 Å². The maximum atomic E-state index is 11.6. The molecule has 0 aromatic carbocycles. The molecule has 2 aromatic rings. The molecule has 0 amide bonds. The van der Waals surface area contributed by atoms with Crippen molar-refractivity contribution in [1.82, 2.24) is 14.9 Å². The van der Waals surface area contributed by atoms with Crippen LogP contribution in [-0.4, -0.2) is 14.9 Å². The molecule has 2 rings (SSSR count). The standard InChI is InChI=1S/C10H11N3O2/c1-7-3-4-13(10(14)5-7)6-9-8(2)11-15-12-9/h3-5H,6H2,1-2H3. The maximum absolute atomic E-state index is 11.6. The minimum atomic E-state index is -0.0441. The monoisotopic (exact) mass is 205 g/mol. The van der Waals surface area contributed by atoms with Gasteiger partial charge in [-0.1, -0.05) is 10.3 Å². The van der Waals surface area contributed by atoms with Gasteiger partial charge in [-0.25, -0.2) is 4.63 Å². The highest BCUT2D eigenvalue weighted by Crippen LogP contribution is 2.02. The summed E-state index contributed by atoms with van der Waals surface area (Å²) in [7, 11) is 0. The van der Waals surface area contributed by atoms with E-state index in [0.717, 1.165) is 5.56 Å². The van der Waals surface area contributed by atoms with Gasteiger partial charge in [0.25, 0.3) is 5.56 Å². The quantitative estimate of drug-likeness (QED) is 0.730. The Labute approximate surface area is 86.3 Å². The molecular formula is C10H11N3O2. The van der Waals surface area contributed by atoms with Crippen LogP contribution in [0.1, 0.15) is 17.0 Å². The SMILES string of the molecule is Cc1ccn(Cc2nonc2C)c(=O)c1. The van der Waals surface area contributed by atoms with Gasteiger partial charge in [0.05, 0.1) is 6.54 Å². The maximum Gasteiger partial charge on any atom is 0.251 e. The molecule has 0 radical (unpaired) electrons. The predicted octanol–water partition coefficient (Wildman–Crippen LogP) is 0.896. The lowest BCUT2D eigenvalue weighted by Gasteiger charge is -2.02. The first kappa shape index (κ1) is 9.64. The predicted molar refractivity (Wildman–Crippen MR) is 53.6 cm³/mol. The van der Waals surface area contributed by atoms with E-state index in [1.165, 1.54) is 0 Å². The van der Waals surface area contributed by atoms with Crippen molar-refractivity contribution in [3.8, 4) is 0 Å². The molecule has 0 saturated carbocycles. The Balaban J connectivity index is 2.33. The van der Waals surface area contributed by atoms with Crippen LogP contribution in [0.15, 0.2) is 27.8 Å². The van der Waals surface area contributed by atoms with Crippen molar-refractivity contribution in [2.24, 2.45) is 0 Å². The molecule has 5 heteroatoms. The largest absolute Gasteiger partial charge is 0.309 e. The van der Waals surface area contributed by atoms with Gasteiger partial charge in [0, 0.05) is 12.3 Å². The summed E-state index contributed by atoms with van der Waals surface area (Å²) in [5.74, 6) is 0. The molecule has 0 bridgehead atoms. The van der Waals surface area contributed by atoms with Crippen molar-refractivity contribution in [2.45, 2.75) is 20.4 Å². The Morgan fingerprint density at radius 3 is 2.80 bits per heavy atom. The van der Waals surface area contributed by atoms with E-state index in [1.54, 1.807) is 23.8 Å². The fourth-order valence-corrected chi connectivity index (χ4v) is 1.29. The van der Waals surface area contributed by atoms with E-state index in [0.29, 0.717) is 17.9 Å². The Bertz CT molecular complexity index is 527. The number of nitrogens with zero attached hydrogens (tertiary/aromatic N) is 3. The molecule has 0 spiro atoms. The van der Waals surface area contributed by atoms with Gasteiger partial charge < -0.3 is 4.57 Å². The Morgan fingerprint density at radius 1 is 1.40 bits per heavy atom. The van der Waals surface area contributed by atoms with Crippen LogP contribution in [0.3, 0.4) is 0 Å². The highest BCUT2D eigenvalue weighted by Gasteiger charge is 2.06. The molecule has 0 fully saturated rings. The summed E-state index contributed by atoms with van der Waals surface area (Å²) in [5, 5.41) is 7.39. The number of rotatable bonds is 2. The van der Waals surface area contributed by atoms with Gasteiger partial charge in [-0.2, -0.15) is 0 Å². The lowest BCUT2D eigenvalue weighted by Crippen LogP contribution is -2.19.